The van der Waals surface area contributed by atoms with Crippen molar-refractivity contribution >= 4 is 33.1 Å². The van der Waals surface area contributed by atoms with Crippen LogP contribution in [0, 0.1) is 11.3 Å². The van der Waals surface area contributed by atoms with Crippen molar-refractivity contribution in [1.82, 2.24) is 15.2 Å². The summed E-state index contributed by atoms with van der Waals surface area (Å²) in [5.74, 6) is 0.210. The maximum absolute atomic E-state index is 13.9. The monoisotopic (exact) mass is 560 g/mol. The largest absolute Gasteiger partial charge is 0.419 e. The van der Waals surface area contributed by atoms with Crippen LogP contribution in [0.5, 0.6) is 0 Å². The van der Waals surface area contributed by atoms with Gasteiger partial charge in [-0.05, 0) is 24.8 Å². The Labute approximate surface area is 218 Å². The first-order chi connectivity index (χ1) is 17.9. The van der Waals surface area contributed by atoms with E-state index in [1.54, 1.807) is 15.9 Å². The lowest BCUT2D eigenvalue weighted by Gasteiger charge is -2.61. The van der Waals surface area contributed by atoms with Gasteiger partial charge < -0.3 is 19.9 Å². The number of fused-ring (bicyclic) bond motifs is 3. The highest BCUT2D eigenvalue weighted by atomic mass is 32.1. The number of nitrogens with zero attached hydrogens (tertiary/aromatic N) is 3. The zero-order valence-corrected chi connectivity index (χ0v) is 21.1. The zero-order chi connectivity index (χ0) is 27.0. The number of ether oxygens (including phenoxy) is 1. The Hall–Kier alpha value is -2.38. The summed E-state index contributed by atoms with van der Waals surface area (Å²) < 4.78 is 86.1. The number of likely N-dealkylation sites (tertiary alicyclic amines) is 1. The van der Waals surface area contributed by atoms with E-state index in [-0.39, 0.29) is 56.2 Å². The van der Waals surface area contributed by atoms with E-state index in [9.17, 15) is 31.1 Å². The third kappa shape index (κ3) is 4.45. The average molecular weight is 561 g/mol. The van der Waals surface area contributed by atoms with Crippen molar-refractivity contribution in [3.05, 3.63) is 35.4 Å². The number of carbonyl (C=O) groups excluding carboxylic acids is 1. The lowest BCUT2D eigenvalue weighted by atomic mass is 9.72. The molecule has 38 heavy (non-hydrogen) atoms. The Morgan fingerprint density at radius 3 is 2.55 bits per heavy atom. The predicted octanol–water partition coefficient (Wildman–Crippen LogP) is 4.39. The van der Waals surface area contributed by atoms with Crippen LogP contribution in [0.1, 0.15) is 23.3 Å². The van der Waals surface area contributed by atoms with Crippen LogP contribution in [0.25, 0.3) is 10.2 Å². The van der Waals surface area contributed by atoms with Crippen LogP contribution in [0.4, 0.5) is 32.0 Å². The second-order valence-electron chi connectivity index (χ2n) is 10.9. The lowest BCUT2D eigenvalue weighted by Crippen LogP contribution is -2.74. The SMILES string of the molecule is C=CCO[C@H]1C[C@H]2C[C@@H]1N[C@@H]2C(=O)N1CC2(C1)CN(c1c(C(F)(F)F)cnc3sc(CC(F)(F)F)cc13)C2. The van der Waals surface area contributed by atoms with Crippen molar-refractivity contribution in [3.8, 4) is 0 Å². The van der Waals surface area contributed by atoms with Crippen molar-refractivity contribution in [2.75, 3.05) is 37.7 Å². The van der Waals surface area contributed by atoms with Crippen LogP contribution in [-0.4, -0.2) is 72.9 Å². The highest BCUT2D eigenvalue weighted by molar-refractivity contribution is 7.18. The highest BCUT2D eigenvalue weighted by Crippen LogP contribution is 2.50. The summed E-state index contributed by atoms with van der Waals surface area (Å²) in [5, 5.41) is 3.48. The smallest absolute Gasteiger partial charge is 0.373 e. The van der Waals surface area contributed by atoms with Gasteiger partial charge in [-0.25, -0.2) is 4.98 Å². The molecule has 6 nitrogen and oxygen atoms in total. The molecule has 0 aromatic carbocycles. The predicted molar refractivity (Wildman–Crippen MR) is 129 cm³/mol. The van der Waals surface area contributed by atoms with E-state index < -0.39 is 24.3 Å². The van der Waals surface area contributed by atoms with Crippen LogP contribution >= 0.6 is 11.3 Å². The fraction of sp³-hybridized carbons (Fsp3) is 0.600. The van der Waals surface area contributed by atoms with Crippen LogP contribution in [0.15, 0.2) is 24.9 Å². The fourth-order valence-corrected chi connectivity index (χ4v) is 7.63. The molecular formula is C25H26F6N4O2S. The molecular weight excluding hydrogens is 534 g/mol. The van der Waals surface area contributed by atoms with E-state index in [0.717, 1.165) is 24.2 Å². The molecule has 2 aromatic heterocycles. The summed E-state index contributed by atoms with van der Waals surface area (Å²) in [5.41, 5.74) is -1.39. The number of hydrogen-bond acceptors (Lipinski definition) is 6. The number of amides is 1. The van der Waals surface area contributed by atoms with Crippen molar-refractivity contribution in [1.29, 1.82) is 0 Å². The number of thiophene rings is 1. The molecule has 1 saturated carbocycles. The summed E-state index contributed by atoms with van der Waals surface area (Å²) in [4.78, 5) is 20.4. The van der Waals surface area contributed by atoms with Gasteiger partial charge in [-0.2, -0.15) is 26.3 Å². The van der Waals surface area contributed by atoms with Gasteiger partial charge in [-0.15, -0.1) is 17.9 Å². The molecule has 2 bridgehead atoms. The first-order valence-electron chi connectivity index (χ1n) is 12.4. The molecule has 1 aliphatic carbocycles. The van der Waals surface area contributed by atoms with Crippen LogP contribution in [0.2, 0.25) is 0 Å². The summed E-state index contributed by atoms with van der Waals surface area (Å²) in [6.07, 6.45) is -6.22. The molecule has 4 aliphatic rings. The Morgan fingerprint density at radius 2 is 1.95 bits per heavy atom. The summed E-state index contributed by atoms with van der Waals surface area (Å²) in [7, 11) is 0. The summed E-state index contributed by atoms with van der Waals surface area (Å²) in [6.45, 7) is 5.62. The molecule has 3 saturated heterocycles. The molecule has 206 valence electrons. The quantitative estimate of drug-likeness (QED) is 0.420. The van der Waals surface area contributed by atoms with Crippen molar-refractivity contribution in [2.24, 2.45) is 11.3 Å². The average Bonchev–Trinajstić information content (AvgIpc) is 3.46. The van der Waals surface area contributed by atoms with Crippen LogP contribution in [-0.2, 0) is 22.1 Å². The van der Waals surface area contributed by atoms with Gasteiger partial charge in [0.1, 0.15) is 4.83 Å². The molecule has 2 aromatic rings. The molecule has 6 rings (SSSR count). The van der Waals surface area contributed by atoms with E-state index in [1.807, 2.05) is 0 Å². The summed E-state index contributed by atoms with van der Waals surface area (Å²) >= 11 is 0.759. The minimum absolute atomic E-state index is 0.0145. The van der Waals surface area contributed by atoms with Crippen LogP contribution in [0.3, 0.4) is 0 Å². The van der Waals surface area contributed by atoms with Gasteiger partial charge in [0.15, 0.2) is 0 Å². The fourth-order valence-electron chi connectivity index (χ4n) is 6.60. The van der Waals surface area contributed by atoms with E-state index in [0.29, 0.717) is 39.0 Å². The van der Waals surface area contributed by atoms with Gasteiger partial charge in [0, 0.05) is 54.1 Å². The van der Waals surface area contributed by atoms with E-state index >= 15 is 0 Å². The maximum atomic E-state index is 13.9. The number of nitrogens with one attached hydrogen (secondary N) is 1. The number of aromatic nitrogens is 1. The molecule has 4 atom stereocenters. The standard InChI is InChI=1S/C25H26F6N4O2S/c1-2-3-37-18-5-13-4-17(18)33-19(13)22(36)35-11-23(12-35)9-34(10-23)20-15-6-14(7-24(26,27)28)38-21(15)32-8-16(20)25(29,30)31/h2,6,8,13,17-19,33H,1,3-5,7,9-12H2/t13-,17+,18+,19+/m1/s1. The second kappa shape index (κ2) is 8.82. The third-order valence-electron chi connectivity index (χ3n) is 8.10. The number of halogens is 6. The minimum Gasteiger partial charge on any atom is -0.373 e. The first kappa shape index (κ1) is 25.9. The highest BCUT2D eigenvalue weighted by Gasteiger charge is 2.57. The summed E-state index contributed by atoms with van der Waals surface area (Å²) in [6, 6.07) is 1.04. The van der Waals surface area contributed by atoms with Gasteiger partial charge in [0.25, 0.3) is 0 Å². The zero-order valence-electron chi connectivity index (χ0n) is 20.2. The van der Waals surface area contributed by atoms with Gasteiger partial charge in [0.05, 0.1) is 36.4 Å². The molecule has 5 heterocycles. The molecule has 0 radical (unpaired) electrons. The second-order valence-corrected chi connectivity index (χ2v) is 12.1. The number of hydrogen-bond donors (Lipinski definition) is 1. The molecule has 4 fully saturated rings. The lowest BCUT2D eigenvalue weighted by molar-refractivity contribution is -0.149. The molecule has 0 unspecified atom stereocenters. The topological polar surface area (TPSA) is 57.7 Å². The van der Waals surface area contributed by atoms with Crippen molar-refractivity contribution in [3.63, 3.8) is 0 Å². The van der Waals surface area contributed by atoms with Gasteiger partial charge >= 0.3 is 12.4 Å². The van der Waals surface area contributed by atoms with Gasteiger partial charge in [-0.3, -0.25) is 4.79 Å². The normalized spacial score (nSPS) is 28.2. The number of pyridine rings is 1. The Kier molecular flexibility index (Phi) is 6.00. The third-order valence-corrected chi connectivity index (χ3v) is 9.14. The number of piperidine rings is 1. The van der Waals surface area contributed by atoms with E-state index in [2.05, 4.69) is 16.9 Å². The Balaban J connectivity index is 1.13. The number of anilines is 1. The molecule has 13 heteroatoms. The minimum atomic E-state index is -4.70. The molecule has 3 aliphatic heterocycles. The van der Waals surface area contributed by atoms with E-state index in [1.165, 1.54) is 6.07 Å². The van der Waals surface area contributed by atoms with Crippen molar-refractivity contribution in [2.45, 2.75) is 49.8 Å². The van der Waals surface area contributed by atoms with Gasteiger partial charge in [-0.1, -0.05) is 6.08 Å². The van der Waals surface area contributed by atoms with Crippen molar-refractivity contribution < 1.29 is 35.9 Å². The number of rotatable bonds is 6. The first-order valence-corrected chi connectivity index (χ1v) is 13.3. The number of alkyl halides is 6. The number of carbonyl (C=O) groups is 1. The van der Waals surface area contributed by atoms with Gasteiger partial charge in [0.2, 0.25) is 5.91 Å². The van der Waals surface area contributed by atoms with Crippen LogP contribution < -0.4 is 10.2 Å². The maximum Gasteiger partial charge on any atom is 0.419 e. The Bertz CT molecular complexity index is 1260. The molecule has 1 amide bonds. The molecule has 1 spiro atoms. The Morgan fingerprint density at radius 1 is 1.21 bits per heavy atom. The molecule has 1 N–H and O–H groups in total. The van der Waals surface area contributed by atoms with E-state index in [4.69, 9.17) is 4.74 Å².